The number of benzene rings is 1. The highest BCUT2D eigenvalue weighted by molar-refractivity contribution is 5.31. The highest BCUT2D eigenvalue weighted by Crippen LogP contribution is 2.49. The van der Waals surface area contributed by atoms with Gasteiger partial charge in [0, 0.05) is 5.92 Å². The molecule has 0 N–H and O–H groups in total. The van der Waals surface area contributed by atoms with Crippen LogP contribution in [0.25, 0.3) is 0 Å². The fourth-order valence-electron chi connectivity index (χ4n) is 4.04. The average molecular weight is 272 g/mol. The van der Waals surface area contributed by atoms with Crippen molar-refractivity contribution in [2.24, 2.45) is 23.7 Å². The topological polar surface area (TPSA) is 18.5 Å². The lowest BCUT2D eigenvalue weighted by Gasteiger charge is -2.47. The molecule has 0 spiro atoms. The van der Waals surface area contributed by atoms with Crippen molar-refractivity contribution in [3.8, 4) is 5.75 Å². The van der Waals surface area contributed by atoms with E-state index in [-0.39, 0.29) is 6.10 Å². The van der Waals surface area contributed by atoms with Crippen LogP contribution in [0.15, 0.2) is 35.9 Å². The summed E-state index contributed by atoms with van der Waals surface area (Å²) in [5.74, 6) is 3.41. The first-order chi connectivity index (χ1) is 9.61. The summed E-state index contributed by atoms with van der Waals surface area (Å²) in [6.07, 6.45) is 2.64. The van der Waals surface area contributed by atoms with E-state index in [1.165, 1.54) is 11.1 Å². The molecule has 2 aliphatic rings. The van der Waals surface area contributed by atoms with Crippen LogP contribution in [0.5, 0.6) is 5.75 Å². The highest BCUT2D eigenvalue weighted by atomic mass is 16.5. The van der Waals surface area contributed by atoms with Crippen LogP contribution in [0.1, 0.15) is 32.4 Å². The first kappa shape index (κ1) is 13.7. The Kier molecular flexibility index (Phi) is 3.59. The quantitative estimate of drug-likeness (QED) is 0.750. The van der Waals surface area contributed by atoms with Crippen molar-refractivity contribution in [3.63, 3.8) is 0 Å². The van der Waals surface area contributed by atoms with Crippen LogP contribution in [0.2, 0.25) is 0 Å². The maximum atomic E-state index is 6.23. The summed E-state index contributed by atoms with van der Waals surface area (Å²) in [6, 6.07) is 8.34. The normalized spacial score (nSPS) is 36.4. The lowest BCUT2D eigenvalue weighted by atomic mass is 9.64. The van der Waals surface area contributed by atoms with Crippen molar-refractivity contribution in [2.75, 3.05) is 13.7 Å². The Morgan fingerprint density at radius 2 is 1.85 bits per heavy atom. The van der Waals surface area contributed by atoms with E-state index >= 15 is 0 Å². The molecule has 0 amide bonds. The van der Waals surface area contributed by atoms with Crippen molar-refractivity contribution >= 4 is 0 Å². The van der Waals surface area contributed by atoms with Crippen molar-refractivity contribution in [1.82, 2.24) is 0 Å². The number of hydrogen-bond acceptors (Lipinski definition) is 2. The summed E-state index contributed by atoms with van der Waals surface area (Å²) in [6.45, 7) is 7.84. The molecule has 1 fully saturated rings. The maximum absolute atomic E-state index is 6.23. The largest absolute Gasteiger partial charge is 0.497 e. The molecule has 5 atom stereocenters. The molecule has 1 aromatic rings. The van der Waals surface area contributed by atoms with Gasteiger partial charge in [-0.1, -0.05) is 37.6 Å². The summed E-state index contributed by atoms with van der Waals surface area (Å²) in [4.78, 5) is 0. The average Bonchev–Trinajstić information content (AvgIpc) is 2.45. The molecule has 3 rings (SSSR count). The molecule has 0 radical (unpaired) electrons. The Bertz CT molecular complexity index is 503. The van der Waals surface area contributed by atoms with Crippen LogP contribution in [-0.2, 0) is 4.74 Å². The van der Waals surface area contributed by atoms with E-state index in [9.17, 15) is 0 Å². The third-order valence-corrected chi connectivity index (χ3v) is 5.21. The van der Waals surface area contributed by atoms with Gasteiger partial charge in [-0.2, -0.15) is 0 Å². The molecular weight excluding hydrogens is 248 g/mol. The molecule has 2 bridgehead atoms. The number of ether oxygens (including phenoxy) is 2. The third kappa shape index (κ3) is 2.16. The van der Waals surface area contributed by atoms with E-state index in [0.717, 1.165) is 12.4 Å². The Labute approximate surface area is 121 Å². The Morgan fingerprint density at radius 1 is 1.15 bits per heavy atom. The molecule has 20 heavy (non-hydrogen) atoms. The van der Waals surface area contributed by atoms with E-state index in [2.05, 4.69) is 39.0 Å². The minimum Gasteiger partial charge on any atom is -0.497 e. The molecule has 0 unspecified atom stereocenters. The first-order valence-electron chi connectivity index (χ1n) is 7.55. The molecule has 0 saturated carbocycles. The van der Waals surface area contributed by atoms with Crippen LogP contribution in [0.4, 0.5) is 0 Å². The predicted octanol–water partition coefficient (Wildman–Crippen LogP) is 4.23. The molecule has 0 aromatic heterocycles. The van der Waals surface area contributed by atoms with Crippen molar-refractivity contribution in [1.29, 1.82) is 0 Å². The Hall–Kier alpha value is -1.28. The van der Waals surface area contributed by atoms with Gasteiger partial charge in [-0.05, 0) is 42.4 Å². The molecule has 1 heterocycles. The van der Waals surface area contributed by atoms with Gasteiger partial charge in [0.05, 0.1) is 19.8 Å². The van der Waals surface area contributed by atoms with Gasteiger partial charge in [0.15, 0.2) is 0 Å². The molecule has 2 heteroatoms. The van der Waals surface area contributed by atoms with Gasteiger partial charge in [-0.25, -0.2) is 0 Å². The van der Waals surface area contributed by atoms with Gasteiger partial charge in [-0.3, -0.25) is 0 Å². The van der Waals surface area contributed by atoms with Gasteiger partial charge >= 0.3 is 0 Å². The lowest BCUT2D eigenvalue weighted by molar-refractivity contribution is -0.0934. The molecule has 108 valence electrons. The minimum absolute atomic E-state index is 0.191. The molecule has 1 aliphatic carbocycles. The summed E-state index contributed by atoms with van der Waals surface area (Å²) >= 11 is 0. The molecule has 2 nitrogen and oxygen atoms in total. The molecule has 1 saturated heterocycles. The summed E-state index contributed by atoms with van der Waals surface area (Å²) < 4.78 is 11.5. The lowest BCUT2D eigenvalue weighted by Crippen LogP contribution is -2.42. The second-order valence-electron chi connectivity index (χ2n) is 6.35. The second-order valence-corrected chi connectivity index (χ2v) is 6.35. The van der Waals surface area contributed by atoms with E-state index < -0.39 is 0 Å². The SMILES string of the molecule is COc1ccc([C@@H]2OC[C@@H]3[C@@H](C)[C@@H]2C(C)=C[C@H]3C)cc1. The van der Waals surface area contributed by atoms with Gasteiger partial charge in [0.1, 0.15) is 5.75 Å². The van der Waals surface area contributed by atoms with Crippen molar-refractivity contribution in [3.05, 3.63) is 41.5 Å². The number of methoxy groups -OCH3 is 1. The minimum atomic E-state index is 0.191. The van der Waals surface area contributed by atoms with Crippen LogP contribution in [0, 0.1) is 23.7 Å². The summed E-state index contributed by atoms with van der Waals surface area (Å²) in [5, 5.41) is 0. The fraction of sp³-hybridized carbons (Fsp3) is 0.556. The monoisotopic (exact) mass is 272 g/mol. The Balaban J connectivity index is 1.92. The van der Waals surface area contributed by atoms with Crippen molar-refractivity contribution < 1.29 is 9.47 Å². The maximum Gasteiger partial charge on any atom is 0.118 e. The van der Waals surface area contributed by atoms with E-state index in [4.69, 9.17) is 9.47 Å². The van der Waals surface area contributed by atoms with Gasteiger partial charge in [0.2, 0.25) is 0 Å². The van der Waals surface area contributed by atoms with Gasteiger partial charge in [-0.15, -0.1) is 0 Å². The zero-order chi connectivity index (χ0) is 14.3. The summed E-state index contributed by atoms with van der Waals surface area (Å²) in [5.41, 5.74) is 2.75. The smallest absolute Gasteiger partial charge is 0.118 e. The molecule has 1 aromatic carbocycles. The second kappa shape index (κ2) is 5.25. The number of fused-ring (bicyclic) bond motifs is 2. The number of rotatable bonds is 2. The Morgan fingerprint density at radius 3 is 2.50 bits per heavy atom. The molecular formula is C18H24O2. The van der Waals surface area contributed by atoms with Crippen LogP contribution in [0.3, 0.4) is 0 Å². The standard InChI is InChI=1S/C18H24O2/c1-11-9-12(2)17-13(3)16(11)10-20-18(17)14-5-7-15(19-4)8-6-14/h5-9,11,13,16-18H,10H2,1-4H3/t11-,13-,16+,17+,18+/m1/s1. The van der Waals surface area contributed by atoms with Crippen LogP contribution in [-0.4, -0.2) is 13.7 Å². The van der Waals surface area contributed by atoms with Crippen LogP contribution >= 0.6 is 0 Å². The van der Waals surface area contributed by atoms with Gasteiger partial charge < -0.3 is 9.47 Å². The highest BCUT2D eigenvalue weighted by Gasteiger charge is 2.43. The third-order valence-electron chi connectivity index (χ3n) is 5.21. The first-order valence-corrected chi connectivity index (χ1v) is 7.55. The number of hydrogen-bond donors (Lipinski definition) is 0. The summed E-state index contributed by atoms with van der Waals surface area (Å²) in [7, 11) is 1.70. The van der Waals surface area contributed by atoms with E-state index in [1.807, 2.05) is 12.1 Å². The van der Waals surface area contributed by atoms with E-state index in [0.29, 0.717) is 23.7 Å². The number of allylic oxidation sites excluding steroid dienone is 1. The fourth-order valence-corrected chi connectivity index (χ4v) is 4.04. The van der Waals surface area contributed by atoms with Gasteiger partial charge in [0.25, 0.3) is 0 Å². The van der Waals surface area contributed by atoms with E-state index in [1.54, 1.807) is 7.11 Å². The predicted molar refractivity (Wildman–Crippen MR) is 80.8 cm³/mol. The zero-order valence-corrected chi connectivity index (χ0v) is 12.8. The van der Waals surface area contributed by atoms with Crippen molar-refractivity contribution in [2.45, 2.75) is 26.9 Å². The zero-order valence-electron chi connectivity index (χ0n) is 12.8. The molecule has 1 aliphatic heterocycles. The van der Waals surface area contributed by atoms with Crippen LogP contribution < -0.4 is 4.74 Å².